The number of hydrogen-bond acceptors (Lipinski definition) is 3. The normalized spacial score (nSPS) is 12.4. The van der Waals surface area contributed by atoms with Gasteiger partial charge < -0.3 is 15.2 Å². The van der Waals surface area contributed by atoms with Crippen molar-refractivity contribution in [3.63, 3.8) is 0 Å². The van der Waals surface area contributed by atoms with Crippen molar-refractivity contribution in [2.24, 2.45) is 5.92 Å². The molecule has 1 aromatic rings. The van der Waals surface area contributed by atoms with Gasteiger partial charge in [-0.05, 0) is 24.5 Å². The summed E-state index contributed by atoms with van der Waals surface area (Å²) in [6, 6.07) is 8.99. The fourth-order valence-corrected chi connectivity index (χ4v) is 1.66. The van der Waals surface area contributed by atoms with E-state index in [0.29, 0.717) is 25.5 Å². The summed E-state index contributed by atoms with van der Waals surface area (Å²) in [7, 11) is 0. The molecule has 2 N–H and O–H groups in total. The monoisotopic (exact) mass is 251 g/mol. The lowest BCUT2D eigenvalue weighted by Gasteiger charge is -2.16. The quantitative estimate of drug-likeness (QED) is 0.695. The van der Waals surface area contributed by atoms with E-state index >= 15 is 0 Å². The maximum absolute atomic E-state index is 11.0. The van der Waals surface area contributed by atoms with Gasteiger partial charge in [-0.15, -0.1) is 0 Å². The molecule has 100 valence electrons. The van der Waals surface area contributed by atoms with Gasteiger partial charge in [0.05, 0.1) is 0 Å². The van der Waals surface area contributed by atoms with Crippen LogP contribution >= 0.6 is 0 Å². The van der Waals surface area contributed by atoms with Gasteiger partial charge in [0, 0.05) is 6.54 Å². The number of ether oxygens (including phenoxy) is 1. The summed E-state index contributed by atoms with van der Waals surface area (Å²) in [6.07, 6.45) is 0.626. The molecule has 0 aliphatic heterocycles. The molecule has 0 saturated heterocycles. The molecule has 1 atom stereocenters. The summed E-state index contributed by atoms with van der Waals surface area (Å²) in [4.78, 5) is 11.0. The average Bonchev–Trinajstić information content (AvgIpc) is 2.33. The van der Waals surface area contributed by atoms with Gasteiger partial charge in [-0.25, -0.2) is 0 Å². The van der Waals surface area contributed by atoms with E-state index in [1.165, 1.54) is 0 Å². The van der Waals surface area contributed by atoms with Crippen molar-refractivity contribution in [3.8, 4) is 5.75 Å². The van der Waals surface area contributed by atoms with E-state index in [2.05, 4.69) is 5.32 Å². The number of carboxylic acid groups (broad SMARTS) is 1. The number of benzene rings is 1. The SMILES string of the molecule is CC(C)CC(NCCOc1ccccc1)C(=O)O. The van der Waals surface area contributed by atoms with Crippen LogP contribution in [0.15, 0.2) is 30.3 Å². The van der Waals surface area contributed by atoms with Gasteiger partial charge >= 0.3 is 5.97 Å². The molecule has 4 heteroatoms. The molecule has 0 spiro atoms. The molecule has 0 amide bonds. The van der Waals surface area contributed by atoms with Gasteiger partial charge in [0.15, 0.2) is 0 Å². The zero-order valence-corrected chi connectivity index (χ0v) is 10.9. The number of rotatable bonds is 8. The van der Waals surface area contributed by atoms with Crippen molar-refractivity contribution >= 4 is 5.97 Å². The largest absolute Gasteiger partial charge is 0.492 e. The Morgan fingerprint density at radius 1 is 1.33 bits per heavy atom. The summed E-state index contributed by atoms with van der Waals surface area (Å²) in [5.41, 5.74) is 0. The number of nitrogens with one attached hydrogen (secondary N) is 1. The highest BCUT2D eigenvalue weighted by Gasteiger charge is 2.17. The third-order valence-electron chi connectivity index (χ3n) is 2.51. The van der Waals surface area contributed by atoms with Gasteiger partial charge in [-0.2, -0.15) is 0 Å². The predicted molar refractivity (Wildman–Crippen MR) is 70.8 cm³/mol. The van der Waals surface area contributed by atoms with E-state index in [9.17, 15) is 4.79 Å². The van der Waals surface area contributed by atoms with Crippen LogP contribution in [0.5, 0.6) is 5.75 Å². The first-order chi connectivity index (χ1) is 8.59. The smallest absolute Gasteiger partial charge is 0.320 e. The Kier molecular flexibility index (Phi) is 6.22. The van der Waals surface area contributed by atoms with Gasteiger partial charge in [0.1, 0.15) is 18.4 Å². The molecule has 18 heavy (non-hydrogen) atoms. The first kappa shape index (κ1) is 14.5. The first-order valence-electron chi connectivity index (χ1n) is 6.23. The van der Waals surface area contributed by atoms with Crippen LogP contribution in [0.3, 0.4) is 0 Å². The molecule has 4 nitrogen and oxygen atoms in total. The molecule has 0 radical (unpaired) electrons. The van der Waals surface area contributed by atoms with Crippen LogP contribution in [0.25, 0.3) is 0 Å². The maximum atomic E-state index is 11.0. The van der Waals surface area contributed by atoms with Gasteiger partial charge in [-0.1, -0.05) is 32.0 Å². The summed E-state index contributed by atoms with van der Waals surface area (Å²) in [6.45, 7) is 5.01. The van der Waals surface area contributed by atoms with Gasteiger partial charge in [-0.3, -0.25) is 4.79 Å². The highest BCUT2D eigenvalue weighted by Crippen LogP contribution is 2.08. The number of aliphatic carboxylic acids is 1. The number of carboxylic acids is 1. The van der Waals surface area contributed by atoms with Crippen LogP contribution in [0, 0.1) is 5.92 Å². The van der Waals surface area contributed by atoms with Crippen molar-refractivity contribution in [2.75, 3.05) is 13.2 Å². The second-order valence-corrected chi connectivity index (χ2v) is 4.64. The third kappa shape index (κ3) is 5.68. The van der Waals surface area contributed by atoms with Crippen LogP contribution < -0.4 is 10.1 Å². The molecule has 0 heterocycles. The molecule has 0 aliphatic carbocycles. The Morgan fingerprint density at radius 2 is 2.00 bits per heavy atom. The Balaban J connectivity index is 2.25. The topological polar surface area (TPSA) is 58.6 Å². The van der Waals surface area contributed by atoms with Crippen LogP contribution in [-0.4, -0.2) is 30.3 Å². The van der Waals surface area contributed by atoms with E-state index in [1.807, 2.05) is 44.2 Å². The van der Waals surface area contributed by atoms with E-state index in [0.717, 1.165) is 5.75 Å². The van der Waals surface area contributed by atoms with Crippen molar-refractivity contribution in [2.45, 2.75) is 26.3 Å². The van der Waals surface area contributed by atoms with Crippen molar-refractivity contribution in [3.05, 3.63) is 30.3 Å². The average molecular weight is 251 g/mol. The van der Waals surface area contributed by atoms with Crippen LogP contribution in [-0.2, 0) is 4.79 Å². The standard InChI is InChI=1S/C14H21NO3/c1-11(2)10-13(14(16)17)15-8-9-18-12-6-4-3-5-7-12/h3-7,11,13,15H,8-10H2,1-2H3,(H,16,17). The predicted octanol–water partition coefficient (Wildman–Crippen LogP) is 2.15. The second kappa shape index (κ2) is 7.71. The number of hydrogen-bond donors (Lipinski definition) is 2. The van der Waals surface area contributed by atoms with Crippen molar-refractivity contribution in [1.29, 1.82) is 0 Å². The molecule has 1 unspecified atom stereocenters. The van der Waals surface area contributed by atoms with Crippen molar-refractivity contribution < 1.29 is 14.6 Å². The minimum Gasteiger partial charge on any atom is -0.492 e. The van der Waals surface area contributed by atoms with E-state index in [4.69, 9.17) is 9.84 Å². The Hall–Kier alpha value is -1.55. The molecule has 1 rings (SSSR count). The third-order valence-corrected chi connectivity index (χ3v) is 2.51. The Labute approximate surface area is 108 Å². The van der Waals surface area contributed by atoms with Crippen LogP contribution in [0.2, 0.25) is 0 Å². The zero-order chi connectivity index (χ0) is 13.4. The molecule has 0 bridgehead atoms. The molecular weight excluding hydrogens is 230 g/mol. The Morgan fingerprint density at radius 3 is 2.56 bits per heavy atom. The van der Waals surface area contributed by atoms with Crippen LogP contribution in [0.1, 0.15) is 20.3 Å². The second-order valence-electron chi connectivity index (χ2n) is 4.64. The Bertz CT molecular complexity index is 351. The highest BCUT2D eigenvalue weighted by molar-refractivity contribution is 5.73. The lowest BCUT2D eigenvalue weighted by Crippen LogP contribution is -2.39. The number of para-hydroxylation sites is 1. The van der Waals surface area contributed by atoms with Crippen LogP contribution in [0.4, 0.5) is 0 Å². The minimum atomic E-state index is -0.802. The fourth-order valence-electron chi connectivity index (χ4n) is 1.66. The fraction of sp³-hybridized carbons (Fsp3) is 0.500. The minimum absolute atomic E-state index is 0.355. The summed E-state index contributed by atoms with van der Waals surface area (Å²) in [5.74, 6) is 0.354. The van der Waals surface area contributed by atoms with Crippen molar-refractivity contribution in [1.82, 2.24) is 5.32 Å². The molecule has 0 saturated carbocycles. The van der Waals surface area contributed by atoms with E-state index < -0.39 is 12.0 Å². The lowest BCUT2D eigenvalue weighted by atomic mass is 10.0. The van der Waals surface area contributed by atoms with E-state index in [1.54, 1.807) is 0 Å². The maximum Gasteiger partial charge on any atom is 0.320 e. The first-order valence-corrected chi connectivity index (χ1v) is 6.23. The molecule has 0 aliphatic rings. The molecule has 1 aromatic carbocycles. The zero-order valence-electron chi connectivity index (χ0n) is 10.9. The summed E-state index contributed by atoms with van der Waals surface area (Å²) < 4.78 is 5.49. The van der Waals surface area contributed by atoms with E-state index in [-0.39, 0.29) is 0 Å². The van der Waals surface area contributed by atoms with Gasteiger partial charge in [0.2, 0.25) is 0 Å². The van der Waals surface area contributed by atoms with Gasteiger partial charge in [0.25, 0.3) is 0 Å². The number of carbonyl (C=O) groups is 1. The summed E-state index contributed by atoms with van der Waals surface area (Å²) in [5, 5.41) is 12.0. The highest BCUT2D eigenvalue weighted by atomic mass is 16.5. The lowest BCUT2D eigenvalue weighted by molar-refractivity contribution is -0.139. The molecule has 0 aromatic heterocycles. The molecule has 0 fully saturated rings. The molecular formula is C14H21NO3. The summed E-state index contributed by atoms with van der Waals surface area (Å²) >= 11 is 0.